The zero-order valence-corrected chi connectivity index (χ0v) is 13.9. The first kappa shape index (κ1) is 18.5. The van der Waals surface area contributed by atoms with Crippen molar-refractivity contribution in [3.63, 3.8) is 0 Å². The molecule has 1 fully saturated rings. The van der Waals surface area contributed by atoms with Crippen molar-refractivity contribution in [2.24, 2.45) is 10.7 Å². The van der Waals surface area contributed by atoms with Crippen molar-refractivity contribution in [1.29, 1.82) is 0 Å². The van der Waals surface area contributed by atoms with Crippen molar-refractivity contribution in [1.82, 2.24) is 9.80 Å². The summed E-state index contributed by atoms with van der Waals surface area (Å²) in [7, 11) is 0. The summed E-state index contributed by atoms with van der Waals surface area (Å²) >= 11 is 0. The highest BCUT2D eigenvalue weighted by Crippen LogP contribution is 2.18. The smallest absolute Gasteiger partial charge is 0.211 e. The van der Waals surface area contributed by atoms with E-state index in [0.717, 1.165) is 43.7 Å². The highest BCUT2D eigenvalue weighted by Gasteiger charge is 2.18. The summed E-state index contributed by atoms with van der Waals surface area (Å²) in [6.45, 7) is 9.66. The van der Waals surface area contributed by atoms with Gasteiger partial charge in [-0.25, -0.2) is 4.99 Å². The van der Waals surface area contributed by atoms with E-state index in [1.165, 1.54) is 0 Å². The van der Waals surface area contributed by atoms with Gasteiger partial charge in [-0.1, -0.05) is 18.7 Å². The minimum atomic E-state index is 0.279. The van der Waals surface area contributed by atoms with Crippen molar-refractivity contribution < 1.29 is 9.90 Å². The molecule has 1 saturated heterocycles. The molecule has 0 aromatic carbocycles. The number of hydrogen-bond acceptors (Lipinski definition) is 4. The Kier molecular flexibility index (Phi) is 7.66. The number of nitrogens with zero attached hydrogens (tertiary/aromatic N) is 3. The zero-order chi connectivity index (χ0) is 17.2. The number of carbonyl (C=O) groups excluding carboxylic acids is 1. The van der Waals surface area contributed by atoms with Gasteiger partial charge < -0.3 is 20.6 Å². The van der Waals surface area contributed by atoms with Gasteiger partial charge in [0.05, 0.1) is 12.4 Å². The molecule has 0 bridgehead atoms. The van der Waals surface area contributed by atoms with Crippen LogP contribution in [-0.2, 0) is 4.79 Å². The van der Waals surface area contributed by atoms with E-state index in [9.17, 15) is 4.79 Å². The lowest BCUT2D eigenvalue weighted by Gasteiger charge is -2.16. The van der Waals surface area contributed by atoms with E-state index in [1.807, 2.05) is 19.9 Å². The summed E-state index contributed by atoms with van der Waals surface area (Å²) in [4.78, 5) is 18.5. The van der Waals surface area contributed by atoms with E-state index >= 15 is 0 Å². The fourth-order valence-corrected chi connectivity index (χ4v) is 2.16. The van der Waals surface area contributed by atoms with Crippen LogP contribution >= 0.6 is 0 Å². The van der Waals surface area contributed by atoms with Gasteiger partial charge in [0.1, 0.15) is 11.6 Å². The minimum Gasteiger partial charge on any atom is -0.506 e. The first-order chi connectivity index (χ1) is 11.0. The van der Waals surface area contributed by atoms with Gasteiger partial charge in [0.15, 0.2) is 0 Å². The van der Waals surface area contributed by atoms with Crippen LogP contribution in [0, 0.1) is 0 Å². The maximum atomic E-state index is 10.5. The fourth-order valence-electron chi connectivity index (χ4n) is 2.16. The van der Waals surface area contributed by atoms with E-state index in [0.29, 0.717) is 12.4 Å². The average Bonchev–Trinajstić information content (AvgIpc) is 3.02. The Morgan fingerprint density at radius 3 is 2.74 bits per heavy atom. The quantitative estimate of drug-likeness (QED) is 0.362. The second kappa shape index (κ2) is 9.50. The summed E-state index contributed by atoms with van der Waals surface area (Å²) in [5.74, 6) is 1.20. The van der Waals surface area contributed by atoms with Gasteiger partial charge in [0.2, 0.25) is 6.41 Å². The molecular weight excluding hydrogens is 292 g/mol. The monoisotopic (exact) mass is 318 g/mol. The number of amides is 1. The maximum absolute atomic E-state index is 10.5. The predicted octanol–water partition coefficient (Wildman–Crippen LogP) is 2.29. The van der Waals surface area contributed by atoms with Gasteiger partial charge in [-0.2, -0.15) is 0 Å². The summed E-state index contributed by atoms with van der Waals surface area (Å²) < 4.78 is 0. The Balaban J connectivity index is 0.000000253. The number of aliphatic hydroxyl groups is 1. The van der Waals surface area contributed by atoms with Crippen LogP contribution in [0.2, 0.25) is 0 Å². The van der Waals surface area contributed by atoms with E-state index in [2.05, 4.69) is 16.5 Å². The summed E-state index contributed by atoms with van der Waals surface area (Å²) in [5.41, 5.74) is 6.94. The molecule has 2 rings (SSSR count). The summed E-state index contributed by atoms with van der Waals surface area (Å²) in [5, 5.41) is 9.13. The lowest BCUT2D eigenvalue weighted by molar-refractivity contribution is -0.117. The lowest BCUT2D eigenvalue weighted by Crippen LogP contribution is -2.28. The van der Waals surface area contributed by atoms with Crippen molar-refractivity contribution >= 4 is 12.2 Å². The Morgan fingerprint density at radius 2 is 2.22 bits per heavy atom. The molecule has 0 aromatic rings. The summed E-state index contributed by atoms with van der Waals surface area (Å²) in [6.07, 6.45) is 9.77. The van der Waals surface area contributed by atoms with E-state index in [-0.39, 0.29) is 5.76 Å². The van der Waals surface area contributed by atoms with Crippen LogP contribution in [0.5, 0.6) is 0 Å². The first-order valence-corrected chi connectivity index (χ1v) is 7.60. The Bertz CT molecular complexity index is 547. The van der Waals surface area contributed by atoms with Gasteiger partial charge in [0, 0.05) is 19.3 Å². The van der Waals surface area contributed by atoms with Crippen LogP contribution in [0.3, 0.4) is 0 Å². The first-order valence-electron chi connectivity index (χ1n) is 7.60. The molecule has 2 aliphatic rings. The molecule has 23 heavy (non-hydrogen) atoms. The van der Waals surface area contributed by atoms with Crippen LogP contribution in [0.1, 0.15) is 26.7 Å². The maximum Gasteiger partial charge on any atom is 0.211 e. The molecule has 126 valence electrons. The molecule has 0 unspecified atom stereocenters. The fraction of sp³-hybridized carbons (Fsp3) is 0.412. The van der Waals surface area contributed by atoms with Gasteiger partial charge in [-0.05, 0) is 38.3 Å². The van der Waals surface area contributed by atoms with Crippen LogP contribution in [0.4, 0.5) is 0 Å². The molecule has 1 amide bonds. The molecule has 0 spiro atoms. The third-order valence-corrected chi connectivity index (χ3v) is 3.66. The van der Waals surface area contributed by atoms with Crippen molar-refractivity contribution in [2.45, 2.75) is 26.7 Å². The van der Waals surface area contributed by atoms with Crippen molar-refractivity contribution in [3.8, 4) is 0 Å². The number of aliphatic hydroxyl groups excluding tert-OH is 1. The molecule has 6 nitrogen and oxygen atoms in total. The average molecular weight is 318 g/mol. The van der Waals surface area contributed by atoms with Crippen LogP contribution in [0.15, 0.2) is 53.0 Å². The van der Waals surface area contributed by atoms with E-state index < -0.39 is 0 Å². The normalized spacial score (nSPS) is 18.7. The van der Waals surface area contributed by atoms with Crippen LogP contribution in [-0.4, -0.2) is 46.9 Å². The molecule has 1 heterocycles. The second-order valence-corrected chi connectivity index (χ2v) is 5.40. The molecule has 0 aromatic heterocycles. The molecule has 0 radical (unpaired) electrons. The molecule has 0 saturated carbocycles. The van der Waals surface area contributed by atoms with Crippen LogP contribution < -0.4 is 5.73 Å². The highest BCUT2D eigenvalue weighted by molar-refractivity contribution is 5.80. The SMILES string of the molecule is C=C/C=C\N=C(C)N1CCN(C=O)C1.CC1=C(O)C(N)=CCC1. The molecule has 0 atom stereocenters. The van der Waals surface area contributed by atoms with Crippen LogP contribution in [0.25, 0.3) is 0 Å². The number of nitrogens with two attached hydrogens (primary N) is 1. The zero-order valence-electron chi connectivity index (χ0n) is 13.9. The molecule has 6 heteroatoms. The molecule has 1 aliphatic carbocycles. The molecule has 1 aliphatic heterocycles. The standard InChI is InChI=1S/C10H15N3O.C7H11NO/c1-3-4-5-11-10(2)13-7-6-12(8-13)9-14;1-5-3-2-4-6(8)7(5)9/h3-5,9H,1,6-8H2,2H3;4,9H,2-3,8H2,1H3/b5-4-,11-10?;. The second-order valence-electron chi connectivity index (χ2n) is 5.40. The minimum absolute atomic E-state index is 0.279. The predicted molar refractivity (Wildman–Crippen MR) is 93.6 cm³/mol. The van der Waals surface area contributed by atoms with Gasteiger partial charge in [-0.3, -0.25) is 4.79 Å². The van der Waals surface area contributed by atoms with Gasteiger partial charge >= 0.3 is 0 Å². The number of aliphatic imine (C=N–C) groups is 1. The van der Waals surface area contributed by atoms with Gasteiger partial charge in [0.25, 0.3) is 0 Å². The number of allylic oxidation sites excluding steroid dienone is 4. The largest absolute Gasteiger partial charge is 0.506 e. The molecule has 3 N–H and O–H groups in total. The Labute approximate surface area is 138 Å². The van der Waals surface area contributed by atoms with Crippen molar-refractivity contribution in [3.05, 3.63) is 48.0 Å². The third-order valence-electron chi connectivity index (χ3n) is 3.66. The Hall–Kier alpha value is -2.50. The molecular formula is C17H26N4O2. The lowest BCUT2D eigenvalue weighted by atomic mass is 10.0. The number of rotatable bonds is 3. The summed E-state index contributed by atoms with van der Waals surface area (Å²) in [6, 6.07) is 0. The third kappa shape index (κ3) is 6.02. The van der Waals surface area contributed by atoms with E-state index in [1.54, 1.807) is 23.3 Å². The number of hydrogen-bond donors (Lipinski definition) is 2. The number of amidine groups is 1. The highest BCUT2D eigenvalue weighted by atomic mass is 16.3. The number of carbonyl (C=O) groups is 1. The van der Waals surface area contributed by atoms with Gasteiger partial charge in [-0.15, -0.1) is 0 Å². The topological polar surface area (TPSA) is 82.2 Å². The van der Waals surface area contributed by atoms with Crippen molar-refractivity contribution in [2.75, 3.05) is 19.8 Å². The Morgan fingerprint density at radius 1 is 1.48 bits per heavy atom. The van der Waals surface area contributed by atoms with E-state index in [4.69, 9.17) is 10.8 Å².